The van der Waals surface area contributed by atoms with Crippen molar-refractivity contribution in [2.24, 2.45) is 0 Å². The lowest BCUT2D eigenvalue weighted by atomic mass is 10.2. The van der Waals surface area contributed by atoms with Crippen molar-refractivity contribution in [3.63, 3.8) is 0 Å². The topological polar surface area (TPSA) is 3.24 Å². The number of para-hydroxylation sites is 1. The number of fused-ring (bicyclic) bond motifs is 2. The van der Waals surface area contributed by atoms with Gasteiger partial charge in [-0.05, 0) is 66.7 Å². The number of rotatable bonds is 7. The van der Waals surface area contributed by atoms with Crippen LogP contribution in [-0.2, 0) is 0 Å². The molecular formula is C33H28Cl2NPS. The van der Waals surface area contributed by atoms with Gasteiger partial charge >= 0.3 is 0 Å². The van der Waals surface area contributed by atoms with Gasteiger partial charge in [0.1, 0.15) is 23.2 Å². The molecule has 0 N–H and O–H groups in total. The summed E-state index contributed by atoms with van der Waals surface area (Å²) in [5.74, 6) is 0. The molecule has 0 amide bonds. The van der Waals surface area contributed by atoms with Gasteiger partial charge in [-0.2, -0.15) is 0 Å². The van der Waals surface area contributed by atoms with Crippen LogP contribution < -0.4 is 33.2 Å². The standard InChI is InChI=1S/C33H28ClNPS.ClH/c34-26-21-22-33-31(25-26)35(30-19-10-11-20-32(30)37-33)23-12-24-36(27-13-4-1-5-14-27,28-15-6-2-7-16-28)29-17-8-3-9-18-29;/h1-11,13-22,25H,12,23-24H2;1H/q+1;/p-1. The Bertz CT molecular complexity index is 1400. The summed E-state index contributed by atoms with van der Waals surface area (Å²) in [4.78, 5) is 5.04. The zero-order valence-corrected chi connectivity index (χ0v) is 24.1. The van der Waals surface area contributed by atoms with E-state index in [4.69, 9.17) is 11.6 Å². The average Bonchev–Trinajstić information content (AvgIpc) is 2.96. The number of hydrogen-bond acceptors (Lipinski definition) is 2. The van der Waals surface area contributed by atoms with Crippen LogP contribution in [0.5, 0.6) is 0 Å². The lowest BCUT2D eigenvalue weighted by molar-refractivity contribution is -0.00000694. The molecule has 0 radical (unpaired) electrons. The fourth-order valence-electron chi connectivity index (χ4n) is 5.39. The first-order valence-corrected chi connectivity index (χ1v) is 15.8. The molecule has 0 atom stereocenters. The maximum Gasteiger partial charge on any atom is 0.112 e. The SMILES string of the molecule is Clc1ccc2c(c1)N(CCC[P+](c1ccccc1)(c1ccccc1)c1ccccc1)c1ccccc1S2.[Cl-]. The summed E-state index contributed by atoms with van der Waals surface area (Å²) in [6, 6.07) is 48.5. The normalized spacial score (nSPS) is 12.3. The van der Waals surface area contributed by atoms with Crippen molar-refractivity contribution >= 4 is 57.9 Å². The second-order valence-corrected chi connectivity index (χ2v) is 14.4. The van der Waals surface area contributed by atoms with Gasteiger partial charge in [-0.15, -0.1) is 0 Å². The molecule has 0 spiro atoms. The van der Waals surface area contributed by atoms with E-state index in [-0.39, 0.29) is 12.4 Å². The molecule has 1 nitrogen and oxygen atoms in total. The third kappa shape index (κ3) is 5.12. The van der Waals surface area contributed by atoms with Gasteiger partial charge < -0.3 is 17.3 Å². The maximum absolute atomic E-state index is 6.49. The van der Waals surface area contributed by atoms with E-state index in [2.05, 4.69) is 132 Å². The second kappa shape index (κ2) is 12.0. The molecule has 0 saturated heterocycles. The predicted octanol–water partition coefficient (Wildman–Crippen LogP) is 5.33. The number of halogens is 2. The van der Waals surface area contributed by atoms with Gasteiger partial charge in [0.15, 0.2) is 0 Å². The van der Waals surface area contributed by atoms with Gasteiger partial charge in [0, 0.05) is 27.8 Å². The van der Waals surface area contributed by atoms with Crippen LogP contribution >= 0.6 is 30.6 Å². The quantitative estimate of drug-likeness (QED) is 0.243. The van der Waals surface area contributed by atoms with E-state index in [0.717, 1.165) is 24.2 Å². The fourth-order valence-corrected chi connectivity index (χ4v) is 11.0. The van der Waals surface area contributed by atoms with Crippen LogP contribution in [0.4, 0.5) is 11.4 Å². The van der Waals surface area contributed by atoms with Crippen LogP contribution in [0.15, 0.2) is 143 Å². The van der Waals surface area contributed by atoms with Gasteiger partial charge in [0.2, 0.25) is 0 Å². The van der Waals surface area contributed by atoms with Gasteiger partial charge in [0.25, 0.3) is 0 Å². The van der Waals surface area contributed by atoms with Crippen LogP contribution in [0.1, 0.15) is 6.42 Å². The Labute approximate surface area is 241 Å². The molecule has 6 rings (SSSR count). The summed E-state index contributed by atoms with van der Waals surface area (Å²) in [5, 5.41) is 5.09. The molecule has 0 aromatic heterocycles. The molecule has 0 fully saturated rings. The minimum absolute atomic E-state index is 0. The van der Waals surface area contributed by atoms with Gasteiger partial charge in [-0.25, -0.2) is 0 Å². The second-order valence-electron chi connectivity index (χ2n) is 9.23. The lowest BCUT2D eigenvalue weighted by Crippen LogP contribution is -3.00. The number of benzene rings is 5. The highest BCUT2D eigenvalue weighted by molar-refractivity contribution is 7.99. The Balaban J connectivity index is 0.00000294. The van der Waals surface area contributed by atoms with Crippen molar-refractivity contribution in [1.82, 2.24) is 0 Å². The number of anilines is 2. The van der Waals surface area contributed by atoms with Crippen LogP contribution in [-0.4, -0.2) is 12.7 Å². The van der Waals surface area contributed by atoms with Gasteiger partial charge in [-0.1, -0.05) is 90.1 Å². The molecule has 1 aliphatic heterocycles. The van der Waals surface area contributed by atoms with Crippen LogP contribution in [0.2, 0.25) is 5.02 Å². The molecule has 1 aliphatic rings. The van der Waals surface area contributed by atoms with E-state index in [1.807, 2.05) is 17.8 Å². The Morgan fingerprint density at radius 3 is 1.66 bits per heavy atom. The van der Waals surface area contributed by atoms with Crippen LogP contribution in [0.3, 0.4) is 0 Å². The van der Waals surface area contributed by atoms with Crippen molar-refractivity contribution < 1.29 is 12.4 Å². The van der Waals surface area contributed by atoms with Crippen LogP contribution in [0, 0.1) is 0 Å². The minimum atomic E-state index is -1.86. The van der Waals surface area contributed by atoms with E-state index in [9.17, 15) is 0 Å². The lowest BCUT2D eigenvalue weighted by Gasteiger charge is -2.34. The molecule has 0 unspecified atom stereocenters. The Morgan fingerprint density at radius 2 is 1.08 bits per heavy atom. The molecule has 38 heavy (non-hydrogen) atoms. The van der Waals surface area contributed by atoms with Crippen molar-refractivity contribution in [3.05, 3.63) is 138 Å². The largest absolute Gasteiger partial charge is 1.00 e. The Hall–Kier alpha value is -2.74. The molecule has 0 bridgehead atoms. The molecule has 190 valence electrons. The zero-order chi connectivity index (χ0) is 25.1. The number of hydrogen-bond donors (Lipinski definition) is 0. The van der Waals surface area contributed by atoms with Crippen molar-refractivity contribution in [2.75, 3.05) is 17.6 Å². The summed E-state index contributed by atoms with van der Waals surface area (Å²) in [5.41, 5.74) is 2.48. The van der Waals surface area contributed by atoms with Crippen molar-refractivity contribution in [3.8, 4) is 0 Å². The first-order chi connectivity index (χ1) is 18.3. The molecule has 5 aromatic rings. The summed E-state index contributed by atoms with van der Waals surface area (Å²) >= 11 is 8.32. The van der Waals surface area contributed by atoms with Crippen LogP contribution in [0.25, 0.3) is 0 Å². The van der Waals surface area contributed by atoms with Crippen molar-refractivity contribution in [1.29, 1.82) is 0 Å². The van der Waals surface area contributed by atoms with E-state index in [0.29, 0.717) is 0 Å². The first kappa shape index (κ1) is 26.9. The molecule has 1 heterocycles. The Kier molecular flexibility index (Phi) is 8.46. The minimum Gasteiger partial charge on any atom is -1.00 e. The molecule has 0 aliphatic carbocycles. The summed E-state index contributed by atoms with van der Waals surface area (Å²) < 4.78 is 0. The Morgan fingerprint density at radius 1 is 0.579 bits per heavy atom. The highest BCUT2D eigenvalue weighted by atomic mass is 35.5. The third-order valence-corrected chi connectivity index (χ3v) is 12.9. The summed E-state index contributed by atoms with van der Waals surface area (Å²) in [7, 11) is -1.86. The smallest absolute Gasteiger partial charge is 0.112 e. The fraction of sp³-hybridized carbons (Fsp3) is 0.0909. The molecular weight excluding hydrogens is 544 g/mol. The summed E-state index contributed by atoms with van der Waals surface area (Å²) in [6.45, 7) is 0.930. The highest BCUT2D eigenvalue weighted by Gasteiger charge is 2.44. The predicted molar refractivity (Wildman–Crippen MR) is 164 cm³/mol. The van der Waals surface area contributed by atoms with E-state index in [1.165, 1.54) is 37.1 Å². The number of nitrogens with zero attached hydrogens (tertiary/aromatic N) is 1. The van der Waals surface area contributed by atoms with Gasteiger partial charge in [0.05, 0.1) is 17.5 Å². The first-order valence-electron chi connectivity index (χ1n) is 12.6. The highest BCUT2D eigenvalue weighted by Crippen LogP contribution is 2.56. The molecule has 5 aromatic carbocycles. The summed E-state index contributed by atoms with van der Waals surface area (Å²) in [6.07, 6.45) is 2.14. The molecule has 0 saturated carbocycles. The van der Waals surface area contributed by atoms with Gasteiger partial charge in [-0.3, -0.25) is 0 Å². The third-order valence-electron chi connectivity index (χ3n) is 7.05. The maximum atomic E-state index is 6.49. The molecule has 5 heteroatoms. The monoisotopic (exact) mass is 571 g/mol. The van der Waals surface area contributed by atoms with E-state index in [1.54, 1.807) is 0 Å². The zero-order valence-electron chi connectivity index (χ0n) is 20.9. The van der Waals surface area contributed by atoms with Crippen molar-refractivity contribution in [2.45, 2.75) is 16.2 Å². The average molecular weight is 573 g/mol. The van der Waals surface area contributed by atoms with E-state index >= 15 is 0 Å². The van der Waals surface area contributed by atoms with E-state index < -0.39 is 7.26 Å².